The molecule has 0 saturated carbocycles. The normalized spacial score (nSPS) is 11.5. The maximum atomic E-state index is 6.53. The molecule has 0 aliphatic heterocycles. The van der Waals surface area contributed by atoms with E-state index in [2.05, 4.69) is 199 Å². The molecule has 10 rings (SSSR count). The Hall–Kier alpha value is -6.90. The Morgan fingerprint density at radius 2 is 0.962 bits per heavy atom. The van der Waals surface area contributed by atoms with Gasteiger partial charge in [-0.25, -0.2) is 0 Å². The van der Waals surface area contributed by atoms with Crippen molar-refractivity contribution in [1.29, 1.82) is 0 Å². The highest BCUT2D eigenvalue weighted by Crippen LogP contribution is 2.46. The van der Waals surface area contributed by atoms with Gasteiger partial charge in [0.25, 0.3) is 0 Å². The lowest BCUT2D eigenvalue weighted by Crippen LogP contribution is -2.11. The van der Waals surface area contributed by atoms with Gasteiger partial charge in [-0.1, -0.05) is 152 Å². The number of fused-ring (bicyclic) bond motifs is 6. The number of furan rings is 1. The molecule has 0 fully saturated rings. The molecule has 10 aromatic rings. The highest BCUT2D eigenvalue weighted by Gasteiger charge is 2.21. The van der Waals surface area contributed by atoms with Gasteiger partial charge in [0.15, 0.2) is 0 Å². The van der Waals surface area contributed by atoms with Gasteiger partial charge in [-0.3, -0.25) is 0 Å². The van der Waals surface area contributed by atoms with Crippen molar-refractivity contribution >= 4 is 60.5 Å². The highest BCUT2D eigenvalue weighted by atomic mass is 16.3. The molecule has 0 saturated heterocycles. The smallest absolute Gasteiger partial charge is 0.136 e. The molecule has 0 atom stereocenters. The molecule has 0 aliphatic rings. The third-order valence-electron chi connectivity index (χ3n) is 10.2. The molecule has 2 nitrogen and oxygen atoms in total. The van der Waals surface area contributed by atoms with E-state index in [-0.39, 0.29) is 0 Å². The number of benzene rings is 9. The van der Waals surface area contributed by atoms with Crippen molar-refractivity contribution < 1.29 is 4.42 Å². The Morgan fingerprint density at radius 1 is 0.327 bits per heavy atom. The van der Waals surface area contributed by atoms with E-state index in [0.717, 1.165) is 50.1 Å². The minimum Gasteiger partial charge on any atom is -0.456 e. The molecule has 1 heterocycles. The fraction of sp³-hybridized carbons (Fsp3) is 0. The predicted octanol–water partition coefficient (Wildman–Crippen LogP) is 14.4. The molecular weight excluding hydrogens is 631 g/mol. The molecule has 0 radical (unpaired) electrons. The van der Waals surface area contributed by atoms with Crippen molar-refractivity contribution in [2.45, 2.75) is 0 Å². The van der Waals surface area contributed by atoms with Crippen LogP contribution in [0.15, 0.2) is 205 Å². The van der Waals surface area contributed by atoms with Crippen molar-refractivity contribution in [3.63, 3.8) is 0 Å². The third-order valence-corrected chi connectivity index (χ3v) is 10.2. The van der Waals surface area contributed by atoms with Gasteiger partial charge in [-0.2, -0.15) is 0 Å². The van der Waals surface area contributed by atoms with E-state index in [0.29, 0.717) is 0 Å². The molecule has 244 valence electrons. The maximum Gasteiger partial charge on any atom is 0.136 e. The van der Waals surface area contributed by atoms with Gasteiger partial charge in [0.2, 0.25) is 0 Å². The molecule has 0 N–H and O–H groups in total. The predicted molar refractivity (Wildman–Crippen MR) is 220 cm³/mol. The van der Waals surface area contributed by atoms with Gasteiger partial charge in [0.05, 0.1) is 5.69 Å². The summed E-state index contributed by atoms with van der Waals surface area (Å²) in [4.78, 5) is 2.40. The second-order valence-corrected chi connectivity index (χ2v) is 13.3. The average Bonchev–Trinajstić information content (AvgIpc) is 3.60. The van der Waals surface area contributed by atoms with Crippen molar-refractivity contribution in [2.75, 3.05) is 4.90 Å². The van der Waals surface area contributed by atoms with Crippen LogP contribution in [0.5, 0.6) is 0 Å². The highest BCUT2D eigenvalue weighted by molar-refractivity contribution is 6.22. The summed E-state index contributed by atoms with van der Waals surface area (Å²) >= 11 is 0. The number of anilines is 3. The first-order chi connectivity index (χ1) is 25.8. The van der Waals surface area contributed by atoms with Crippen LogP contribution in [0.2, 0.25) is 0 Å². The Bertz CT molecular complexity index is 2890. The summed E-state index contributed by atoms with van der Waals surface area (Å²) in [5.74, 6) is 0. The first-order valence-corrected chi connectivity index (χ1v) is 17.8. The van der Waals surface area contributed by atoms with E-state index >= 15 is 0 Å². The molecule has 52 heavy (non-hydrogen) atoms. The van der Waals surface area contributed by atoms with E-state index in [1.54, 1.807) is 0 Å². The van der Waals surface area contributed by atoms with Gasteiger partial charge in [0, 0.05) is 27.7 Å². The Balaban J connectivity index is 1.24. The average molecular weight is 664 g/mol. The molecule has 1 aromatic heterocycles. The maximum absolute atomic E-state index is 6.53. The van der Waals surface area contributed by atoms with E-state index < -0.39 is 0 Å². The molecular formula is C50H33NO. The molecule has 0 aliphatic carbocycles. The number of hydrogen-bond donors (Lipinski definition) is 0. The summed E-state index contributed by atoms with van der Waals surface area (Å²) in [6.07, 6.45) is 0. The quantitative estimate of drug-likeness (QED) is 0.176. The Labute approximate surface area is 302 Å². The summed E-state index contributed by atoms with van der Waals surface area (Å²) < 4.78 is 6.53. The van der Waals surface area contributed by atoms with Crippen LogP contribution in [0, 0.1) is 0 Å². The monoisotopic (exact) mass is 663 g/mol. The minimum atomic E-state index is 0.896. The van der Waals surface area contributed by atoms with Crippen LogP contribution in [0.4, 0.5) is 17.1 Å². The van der Waals surface area contributed by atoms with Crippen LogP contribution in [-0.2, 0) is 0 Å². The van der Waals surface area contributed by atoms with E-state index in [1.807, 2.05) is 6.07 Å². The van der Waals surface area contributed by atoms with Crippen molar-refractivity contribution in [1.82, 2.24) is 0 Å². The summed E-state index contributed by atoms with van der Waals surface area (Å²) in [5, 5.41) is 7.06. The van der Waals surface area contributed by atoms with E-state index in [9.17, 15) is 0 Å². The number of rotatable bonds is 6. The summed E-state index contributed by atoms with van der Waals surface area (Å²) in [6, 6.07) is 71.7. The van der Waals surface area contributed by atoms with Crippen LogP contribution in [-0.4, -0.2) is 0 Å². The van der Waals surface area contributed by atoms with Crippen LogP contribution in [0.3, 0.4) is 0 Å². The number of para-hydroxylation sites is 2. The third kappa shape index (κ3) is 5.12. The zero-order valence-corrected chi connectivity index (χ0v) is 28.4. The van der Waals surface area contributed by atoms with Crippen LogP contribution >= 0.6 is 0 Å². The second kappa shape index (κ2) is 12.5. The first kappa shape index (κ1) is 30.0. The summed E-state index contributed by atoms with van der Waals surface area (Å²) in [6.45, 7) is 0. The number of hydrogen-bond acceptors (Lipinski definition) is 2. The van der Waals surface area contributed by atoms with Crippen LogP contribution < -0.4 is 4.90 Å². The van der Waals surface area contributed by atoms with Crippen LogP contribution in [0.25, 0.3) is 76.9 Å². The lowest BCUT2D eigenvalue weighted by molar-refractivity contribution is 0.669. The van der Waals surface area contributed by atoms with Gasteiger partial charge >= 0.3 is 0 Å². The van der Waals surface area contributed by atoms with E-state index in [1.165, 1.54) is 43.8 Å². The molecule has 0 unspecified atom stereocenters. The molecule has 2 heteroatoms. The second-order valence-electron chi connectivity index (χ2n) is 13.3. The Morgan fingerprint density at radius 3 is 1.79 bits per heavy atom. The summed E-state index contributed by atoms with van der Waals surface area (Å²) in [5.41, 5.74) is 12.1. The van der Waals surface area contributed by atoms with Crippen molar-refractivity contribution in [2.24, 2.45) is 0 Å². The summed E-state index contributed by atoms with van der Waals surface area (Å²) in [7, 11) is 0. The molecule has 9 aromatic carbocycles. The first-order valence-electron chi connectivity index (χ1n) is 17.8. The minimum absolute atomic E-state index is 0.896. The molecule has 0 amide bonds. The Kier molecular flexibility index (Phi) is 7.18. The SMILES string of the molecule is c1ccc(-c2ccc(N(c3ccc4c(c3)c(-c3ccc5ccccc5c3)cc3oc5ccccc5c34)c3ccccc3-c3ccccc3)cc2)cc1. The lowest BCUT2D eigenvalue weighted by atomic mass is 9.93. The van der Waals surface area contributed by atoms with Crippen molar-refractivity contribution in [3.05, 3.63) is 200 Å². The van der Waals surface area contributed by atoms with E-state index in [4.69, 9.17) is 4.42 Å². The fourth-order valence-corrected chi connectivity index (χ4v) is 7.75. The van der Waals surface area contributed by atoms with Crippen LogP contribution in [0.1, 0.15) is 0 Å². The zero-order chi connectivity index (χ0) is 34.4. The van der Waals surface area contributed by atoms with Gasteiger partial charge < -0.3 is 9.32 Å². The van der Waals surface area contributed by atoms with Crippen molar-refractivity contribution in [3.8, 4) is 33.4 Å². The van der Waals surface area contributed by atoms with Gasteiger partial charge in [0.1, 0.15) is 11.2 Å². The fourth-order valence-electron chi connectivity index (χ4n) is 7.75. The topological polar surface area (TPSA) is 16.4 Å². The molecule has 0 bridgehead atoms. The van der Waals surface area contributed by atoms with Gasteiger partial charge in [-0.15, -0.1) is 0 Å². The standard InChI is InChI=1S/C50H33NO/c1-3-13-34(14-4-1)36-25-27-40(28-26-36)51(47-21-11-9-19-42(47)37-16-5-2-6-17-37)41-29-30-43-46(32-41)45(39-24-23-35-15-7-8-18-38(35)31-39)33-49-50(43)44-20-10-12-22-48(44)52-49/h1-33H. The molecule has 0 spiro atoms. The largest absolute Gasteiger partial charge is 0.456 e. The number of nitrogens with zero attached hydrogens (tertiary/aromatic N) is 1. The van der Waals surface area contributed by atoms with Gasteiger partial charge in [-0.05, 0) is 97.9 Å². The zero-order valence-electron chi connectivity index (χ0n) is 28.4. The lowest BCUT2D eigenvalue weighted by Gasteiger charge is -2.28.